The first-order valence-corrected chi connectivity index (χ1v) is 6.91. The Kier molecular flexibility index (Phi) is 4.55. The Bertz CT molecular complexity index is 282. The molecule has 0 N–H and O–H groups in total. The van der Waals surface area contributed by atoms with Crippen LogP contribution >= 0.6 is 0 Å². The first-order valence-electron chi connectivity index (χ1n) is 5.41. The fourth-order valence-electron chi connectivity index (χ4n) is 1.89. The van der Waals surface area contributed by atoms with E-state index in [1.807, 2.05) is 7.05 Å². The molecule has 1 heterocycles. The lowest BCUT2D eigenvalue weighted by Gasteiger charge is -2.31. The molecule has 0 spiro atoms. The van der Waals surface area contributed by atoms with Crippen LogP contribution < -0.4 is 0 Å². The van der Waals surface area contributed by atoms with Gasteiger partial charge in [-0.05, 0) is 39.4 Å². The number of hydrogen-bond donors (Lipinski definition) is 0. The van der Waals surface area contributed by atoms with Gasteiger partial charge in [0.05, 0.1) is 5.25 Å². The number of hydrogen-bond acceptors (Lipinski definition) is 3. The van der Waals surface area contributed by atoms with Crippen LogP contribution in [-0.2, 0) is 10.0 Å². The molecule has 5 heteroatoms. The molecule has 1 radical (unpaired) electrons. The van der Waals surface area contributed by atoms with E-state index in [-0.39, 0.29) is 5.25 Å². The molecule has 1 rings (SSSR count). The third-order valence-corrected chi connectivity index (χ3v) is 5.36. The molecule has 0 aromatic rings. The van der Waals surface area contributed by atoms with Gasteiger partial charge < -0.3 is 4.90 Å². The molecule has 89 valence electrons. The highest BCUT2D eigenvalue weighted by molar-refractivity contribution is 7.89. The van der Waals surface area contributed by atoms with Gasteiger partial charge in [-0.3, -0.25) is 0 Å². The van der Waals surface area contributed by atoms with Crippen molar-refractivity contribution < 1.29 is 8.42 Å². The molecular formula is C10H21N2O2S. The van der Waals surface area contributed by atoms with Crippen LogP contribution in [0.25, 0.3) is 0 Å². The van der Waals surface area contributed by atoms with Gasteiger partial charge in [0.2, 0.25) is 10.0 Å². The Morgan fingerprint density at radius 3 is 2.40 bits per heavy atom. The monoisotopic (exact) mass is 233 g/mol. The van der Waals surface area contributed by atoms with Gasteiger partial charge in [-0.25, -0.2) is 12.7 Å². The standard InChI is InChI=1S/C10H21N2O2S/c1-4-7-12(3)15(13,14)10-5-8-11(2)9-6-10/h10H,1,4-9H2,2-3H3. The highest BCUT2D eigenvalue weighted by atomic mass is 32.2. The van der Waals surface area contributed by atoms with Gasteiger partial charge >= 0.3 is 0 Å². The van der Waals surface area contributed by atoms with Crippen LogP contribution in [0, 0.1) is 6.92 Å². The van der Waals surface area contributed by atoms with Crippen LogP contribution in [0.1, 0.15) is 19.3 Å². The molecule has 0 unspecified atom stereocenters. The second-order valence-corrected chi connectivity index (χ2v) is 6.54. The molecule has 1 saturated heterocycles. The molecule has 0 aliphatic carbocycles. The van der Waals surface area contributed by atoms with Crippen molar-refractivity contribution in [1.29, 1.82) is 0 Å². The largest absolute Gasteiger partial charge is 0.306 e. The summed E-state index contributed by atoms with van der Waals surface area (Å²) in [5.74, 6) is 0. The van der Waals surface area contributed by atoms with Crippen molar-refractivity contribution >= 4 is 10.0 Å². The molecule has 0 saturated carbocycles. The second kappa shape index (κ2) is 5.27. The van der Waals surface area contributed by atoms with Crippen molar-refractivity contribution in [2.75, 3.05) is 33.7 Å². The summed E-state index contributed by atoms with van der Waals surface area (Å²) < 4.78 is 25.6. The van der Waals surface area contributed by atoms with E-state index in [2.05, 4.69) is 11.8 Å². The zero-order valence-electron chi connectivity index (χ0n) is 9.65. The van der Waals surface area contributed by atoms with Crippen molar-refractivity contribution in [3.05, 3.63) is 6.92 Å². The second-order valence-electron chi connectivity index (χ2n) is 4.22. The maximum absolute atomic E-state index is 12.1. The number of rotatable bonds is 4. The number of sulfonamides is 1. The van der Waals surface area contributed by atoms with Crippen LogP contribution in [0.4, 0.5) is 0 Å². The molecule has 1 aliphatic rings. The van der Waals surface area contributed by atoms with Gasteiger partial charge in [-0.1, -0.05) is 6.92 Å². The lowest BCUT2D eigenvalue weighted by molar-refractivity contribution is 0.273. The summed E-state index contributed by atoms with van der Waals surface area (Å²) >= 11 is 0. The molecule has 0 amide bonds. The predicted octanol–water partition coefficient (Wildman–Crippen LogP) is 0.566. The Balaban J connectivity index is 2.61. The molecule has 0 atom stereocenters. The van der Waals surface area contributed by atoms with Crippen LogP contribution in [0.5, 0.6) is 0 Å². The summed E-state index contributed by atoms with van der Waals surface area (Å²) in [7, 11) is 0.601. The minimum atomic E-state index is -3.08. The molecule has 0 aromatic heterocycles. The Hall–Kier alpha value is -0.130. The number of nitrogens with zero attached hydrogens (tertiary/aromatic N) is 2. The van der Waals surface area contributed by atoms with Crippen LogP contribution in [-0.4, -0.2) is 56.6 Å². The predicted molar refractivity (Wildman–Crippen MR) is 62.0 cm³/mol. The minimum absolute atomic E-state index is 0.190. The number of likely N-dealkylation sites (tertiary alicyclic amines) is 1. The smallest absolute Gasteiger partial charge is 0.216 e. The normalized spacial score (nSPS) is 21.1. The highest BCUT2D eigenvalue weighted by Crippen LogP contribution is 2.19. The summed E-state index contributed by atoms with van der Waals surface area (Å²) in [5, 5.41) is -0.190. The van der Waals surface area contributed by atoms with E-state index in [9.17, 15) is 8.42 Å². The van der Waals surface area contributed by atoms with Crippen molar-refractivity contribution in [3.8, 4) is 0 Å². The van der Waals surface area contributed by atoms with Gasteiger partial charge in [0.25, 0.3) is 0 Å². The van der Waals surface area contributed by atoms with Crippen molar-refractivity contribution in [2.24, 2.45) is 0 Å². The molecule has 0 bridgehead atoms. The van der Waals surface area contributed by atoms with Gasteiger partial charge in [0.1, 0.15) is 0 Å². The molecule has 15 heavy (non-hydrogen) atoms. The van der Waals surface area contributed by atoms with Gasteiger partial charge in [-0.15, -0.1) is 0 Å². The van der Waals surface area contributed by atoms with E-state index in [0.717, 1.165) is 25.9 Å². The Morgan fingerprint density at radius 1 is 1.40 bits per heavy atom. The van der Waals surface area contributed by atoms with Crippen LogP contribution in [0.15, 0.2) is 0 Å². The SMILES string of the molecule is [CH2]CCN(C)S(=O)(=O)C1CCN(C)CC1. The van der Waals surface area contributed by atoms with Gasteiger partial charge in [-0.2, -0.15) is 0 Å². The highest BCUT2D eigenvalue weighted by Gasteiger charge is 2.31. The Labute approximate surface area is 93.3 Å². The van der Waals surface area contributed by atoms with Crippen molar-refractivity contribution in [3.63, 3.8) is 0 Å². The van der Waals surface area contributed by atoms with E-state index >= 15 is 0 Å². The topological polar surface area (TPSA) is 40.6 Å². The van der Waals surface area contributed by atoms with Crippen LogP contribution in [0.3, 0.4) is 0 Å². The first kappa shape index (κ1) is 12.9. The van der Waals surface area contributed by atoms with Crippen LogP contribution in [0.2, 0.25) is 0 Å². The summed E-state index contributed by atoms with van der Waals surface area (Å²) in [6.07, 6.45) is 2.13. The maximum Gasteiger partial charge on any atom is 0.216 e. The zero-order chi connectivity index (χ0) is 11.5. The molecule has 1 fully saturated rings. The van der Waals surface area contributed by atoms with Gasteiger partial charge in [0.15, 0.2) is 0 Å². The summed E-state index contributed by atoms with van der Waals surface area (Å²) in [6, 6.07) is 0. The summed E-state index contributed by atoms with van der Waals surface area (Å²) in [6.45, 7) is 5.96. The average Bonchev–Trinajstić information content (AvgIpc) is 2.18. The van der Waals surface area contributed by atoms with E-state index in [0.29, 0.717) is 13.0 Å². The van der Waals surface area contributed by atoms with E-state index in [4.69, 9.17) is 0 Å². The van der Waals surface area contributed by atoms with Crippen molar-refractivity contribution in [2.45, 2.75) is 24.5 Å². The molecule has 0 aromatic carbocycles. The van der Waals surface area contributed by atoms with Gasteiger partial charge in [0, 0.05) is 13.6 Å². The zero-order valence-corrected chi connectivity index (χ0v) is 10.5. The van der Waals surface area contributed by atoms with Crippen molar-refractivity contribution in [1.82, 2.24) is 9.21 Å². The fraction of sp³-hybridized carbons (Fsp3) is 0.900. The van der Waals surface area contributed by atoms with E-state index < -0.39 is 10.0 Å². The molecule has 1 aliphatic heterocycles. The number of piperidine rings is 1. The summed E-state index contributed by atoms with van der Waals surface area (Å²) in [4.78, 5) is 2.17. The first-order chi connectivity index (χ1) is 6.98. The quantitative estimate of drug-likeness (QED) is 0.712. The van der Waals surface area contributed by atoms with E-state index in [1.54, 1.807) is 7.05 Å². The van der Waals surface area contributed by atoms with E-state index in [1.165, 1.54) is 4.31 Å². The maximum atomic E-state index is 12.1. The third-order valence-electron chi connectivity index (χ3n) is 2.99. The molecular weight excluding hydrogens is 212 g/mol. The lowest BCUT2D eigenvalue weighted by atomic mass is 10.1. The lowest BCUT2D eigenvalue weighted by Crippen LogP contribution is -2.43. The Morgan fingerprint density at radius 2 is 1.93 bits per heavy atom. The third kappa shape index (κ3) is 3.16. The summed E-state index contributed by atoms with van der Waals surface area (Å²) in [5.41, 5.74) is 0. The average molecular weight is 233 g/mol. The minimum Gasteiger partial charge on any atom is -0.306 e. The fourth-order valence-corrected chi connectivity index (χ4v) is 3.59. The molecule has 4 nitrogen and oxygen atoms in total.